The molecule has 0 aliphatic carbocycles. The molecule has 1 N–H and O–H groups in total. The van der Waals surface area contributed by atoms with Crippen LogP contribution in [0.1, 0.15) is 10.5 Å². The van der Waals surface area contributed by atoms with Crippen LogP contribution in [0.15, 0.2) is 35.1 Å². The number of rotatable bonds is 5. The Morgan fingerprint density at radius 1 is 1.36 bits per heavy atom. The number of halogens is 1. The molecule has 0 fully saturated rings. The quantitative estimate of drug-likeness (QED) is 0.476. The summed E-state index contributed by atoms with van der Waals surface area (Å²) in [5.41, 5.74) is -0.805. The van der Waals surface area contributed by atoms with Crippen molar-refractivity contribution in [3.8, 4) is 0 Å². The summed E-state index contributed by atoms with van der Waals surface area (Å²) in [6.07, 6.45) is 0. The molecule has 0 aliphatic rings. The van der Waals surface area contributed by atoms with E-state index in [9.17, 15) is 24.5 Å². The number of ether oxygens (including phenoxy) is 1. The minimum atomic E-state index is -0.907. The van der Waals surface area contributed by atoms with Crippen molar-refractivity contribution in [2.75, 3.05) is 11.9 Å². The van der Waals surface area contributed by atoms with Gasteiger partial charge in [0.15, 0.2) is 12.3 Å². The number of nitrogens with zero attached hydrogens (tertiary/aromatic N) is 3. The number of anilines is 1. The molecule has 2 aromatic rings. The van der Waals surface area contributed by atoms with Crippen LogP contribution in [0.3, 0.4) is 0 Å². The average Bonchev–Trinajstić information content (AvgIpc) is 2.57. The Morgan fingerprint density at radius 2 is 2.08 bits per heavy atom. The number of benzene rings is 1. The lowest BCUT2D eigenvalue weighted by atomic mass is 10.3. The highest BCUT2D eigenvalue weighted by molar-refractivity contribution is 6.33. The molecule has 0 unspecified atom stereocenters. The van der Waals surface area contributed by atoms with Gasteiger partial charge in [0, 0.05) is 25.2 Å². The van der Waals surface area contributed by atoms with Crippen LogP contribution < -0.4 is 10.9 Å². The van der Waals surface area contributed by atoms with Crippen molar-refractivity contribution in [3.05, 3.63) is 61.5 Å². The van der Waals surface area contributed by atoms with Crippen LogP contribution in [0.2, 0.25) is 5.02 Å². The van der Waals surface area contributed by atoms with Gasteiger partial charge >= 0.3 is 5.97 Å². The Kier molecular flexibility index (Phi) is 5.45. The highest BCUT2D eigenvalue weighted by atomic mass is 35.5. The number of nitrogens with one attached hydrogen (secondary N) is 1. The molecule has 11 heteroatoms. The van der Waals surface area contributed by atoms with Gasteiger partial charge in [-0.2, -0.15) is 5.10 Å². The smallest absolute Gasteiger partial charge is 0.359 e. The molecule has 0 radical (unpaired) electrons. The van der Waals surface area contributed by atoms with E-state index >= 15 is 0 Å². The Hall–Kier alpha value is -3.27. The predicted octanol–water partition coefficient (Wildman–Crippen LogP) is 1.14. The highest BCUT2D eigenvalue weighted by Crippen LogP contribution is 2.26. The first-order valence-corrected chi connectivity index (χ1v) is 7.11. The van der Waals surface area contributed by atoms with E-state index in [4.69, 9.17) is 16.3 Å². The topological polar surface area (TPSA) is 133 Å². The molecule has 0 atom stereocenters. The van der Waals surface area contributed by atoms with E-state index in [0.29, 0.717) is 0 Å². The number of carbonyl (C=O) groups is 2. The van der Waals surface area contributed by atoms with Crippen LogP contribution in [0.5, 0.6) is 0 Å². The number of non-ortho nitro benzene ring substituents is 1. The van der Waals surface area contributed by atoms with Crippen molar-refractivity contribution in [1.82, 2.24) is 9.78 Å². The number of aryl methyl sites for hydroxylation is 1. The van der Waals surface area contributed by atoms with Crippen molar-refractivity contribution in [1.29, 1.82) is 0 Å². The number of carbonyl (C=O) groups excluding carboxylic acids is 2. The second kappa shape index (κ2) is 7.53. The van der Waals surface area contributed by atoms with E-state index in [-0.39, 0.29) is 22.1 Å². The van der Waals surface area contributed by atoms with Gasteiger partial charge in [0.1, 0.15) is 0 Å². The fourth-order valence-corrected chi connectivity index (χ4v) is 1.89. The summed E-state index contributed by atoms with van der Waals surface area (Å²) in [5.74, 6) is -1.66. The van der Waals surface area contributed by atoms with Crippen molar-refractivity contribution < 1.29 is 19.2 Å². The third-order valence-corrected chi connectivity index (χ3v) is 3.27. The van der Waals surface area contributed by atoms with Gasteiger partial charge in [-0.1, -0.05) is 11.6 Å². The fourth-order valence-electron chi connectivity index (χ4n) is 1.73. The second-order valence-corrected chi connectivity index (χ2v) is 5.13. The summed E-state index contributed by atoms with van der Waals surface area (Å²) in [5, 5.41) is 16.8. The largest absolute Gasteiger partial charge is 0.451 e. The third-order valence-electron chi connectivity index (χ3n) is 2.94. The number of hydrogen-bond donors (Lipinski definition) is 1. The van der Waals surface area contributed by atoms with Crippen molar-refractivity contribution in [2.45, 2.75) is 0 Å². The number of hydrogen-bond acceptors (Lipinski definition) is 7. The molecule has 0 bridgehead atoms. The molecule has 0 saturated heterocycles. The van der Waals surface area contributed by atoms with Crippen LogP contribution in [0.4, 0.5) is 11.4 Å². The van der Waals surface area contributed by atoms with Crippen molar-refractivity contribution in [3.63, 3.8) is 0 Å². The van der Waals surface area contributed by atoms with Gasteiger partial charge in [-0.25, -0.2) is 9.48 Å². The van der Waals surface area contributed by atoms with Crippen molar-refractivity contribution >= 4 is 34.9 Å². The van der Waals surface area contributed by atoms with Gasteiger partial charge in [0.2, 0.25) is 0 Å². The third kappa shape index (κ3) is 4.61. The number of nitro benzene ring substituents is 1. The summed E-state index contributed by atoms with van der Waals surface area (Å²) < 4.78 is 5.71. The lowest BCUT2D eigenvalue weighted by Crippen LogP contribution is -2.24. The maximum Gasteiger partial charge on any atom is 0.359 e. The fraction of sp³-hybridized carbons (Fsp3) is 0.143. The molecular weight excluding hydrogens is 356 g/mol. The number of nitro groups is 1. The zero-order valence-electron chi connectivity index (χ0n) is 12.8. The molecule has 10 nitrogen and oxygen atoms in total. The SMILES string of the molecule is Cn1nc(C(=O)OCC(=O)Nc2cc([N+](=O)[O-])ccc2Cl)ccc1=O. The van der Waals surface area contributed by atoms with Gasteiger partial charge in [-0.15, -0.1) is 0 Å². The van der Waals surface area contributed by atoms with Crippen LogP contribution in [0.25, 0.3) is 0 Å². The molecule has 2 rings (SSSR count). The summed E-state index contributed by atoms with van der Waals surface area (Å²) in [4.78, 5) is 44.9. The Morgan fingerprint density at radius 3 is 2.72 bits per heavy atom. The Bertz CT molecular complexity index is 910. The molecule has 1 amide bonds. The van der Waals surface area contributed by atoms with Crippen LogP contribution >= 0.6 is 11.6 Å². The first-order valence-electron chi connectivity index (χ1n) is 6.73. The molecular formula is C14H11ClN4O6. The number of aromatic nitrogens is 2. The van der Waals surface area contributed by atoms with Gasteiger partial charge in [0.25, 0.3) is 17.2 Å². The molecule has 130 valence electrons. The molecule has 0 aliphatic heterocycles. The zero-order valence-corrected chi connectivity index (χ0v) is 13.5. The minimum Gasteiger partial charge on any atom is -0.451 e. The maximum atomic E-state index is 11.8. The van der Waals surface area contributed by atoms with E-state index in [2.05, 4.69) is 10.4 Å². The maximum absolute atomic E-state index is 11.8. The first kappa shape index (κ1) is 18.1. The highest BCUT2D eigenvalue weighted by Gasteiger charge is 2.15. The molecule has 0 saturated carbocycles. The average molecular weight is 367 g/mol. The van der Waals surface area contributed by atoms with E-state index < -0.39 is 29.0 Å². The van der Waals surface area contributed by atoms with E-state index in [0.717, 1.165) is 16.8 Å². The summed E-state index contributed by atoms with van der Waals surface area (Å²) in [6, 6.07) is 5.82. The lowest BCUT2D eigenvalue weighted by molar-refractivity contribution is -0.384. The van der Waals surface area contributed by atoms with Gasteiger partial charge < -0.3 is 10.1 Å². The normalized spacial score (nSPS) is 10.2. The molecule has 1 aromatic carbocycles. The summed E-state index contributed by atoms with van der Waals surface area (Å²) in [7, 11) is 1.36. The van der Waals surface area contributed by atoms with Crippen molar-refractivity contribution in [2.24, 2.45) is 7.05 Å². The Labute approximate surface area is 145 Å². The van der Waals surface area contributed by atoms with E-state index in [1.807, 2.05) is 0 Å². The van der Waals surface area contributed by atoms with Crippen LogP contribution in [-0.4, -0.2) is 33.2 Å². The van der Waals surface area contributed by atoms with Crippen LogP contribution in [0, 0.1) is 10.1 Å². The zero-order chi connectivity index (χ0) is 18.6. The molecule has 1 aromatic heterocycles. The number of esters is 1. The standard InChI is InChI=1S/C14H11ClN4O6/c1-18-13(21)5-4-10(17-18)14(22)25-7-12(20)16-11-6-8(19(23)24)2-3-9(11)15/h2-6H,7H2,1H3,(H,16,20). The van der Waals surface area contributed by atoms with Gasteiger partial charge in [0.05, 0.1) is 15.6 Å². The Balaban J connectivity index is 2.00. The van der Waals surface area contributed by atoms with E-state index in [1.165, 1.54) is 25.2 Å². The van der Waals surface area contributed by atoms with E-state index in [1.54, 1.807) is 0 Å². The lowest BCUT2D eigenvalue weighted by Gasteiger charge is -2.08. The van der Waals surface area contributed by atoms with Crippen LogP contribution in [-0.2, 0) is 16.6 Å². The van der Waals surface area contributed by atoms with Gasteiger partial charge in [-0.3, -0.25) is 19.7 Å². The molecule has 25 heavy (non-hydrogen) atoms. The number of amides is 1. The predicted molar refractivity (Wildman–Crippen MR) is 86.5 cm³/mol. The summed E-state index contributed by atoms with van der Waals surface area (Å²) >= 11 is 5.85. The summed E-state index contributed by atoms with van der Waals surface area (Å²) in [6.45, 7) is -0.664. The van der Waals surface area contributed by atoms with Gasteiger partial charge in [-0.05, 0) is 12.1 Å². The minimum absolute atomic E-state index is 0.0112. The monoisotopic (exact) mass is 366 g/mol. The molecule has 0 spiro atoms. The first-order chi connectivity index (χ1) is 11.8. The molecule has 1 heterocycles. The second-order valence-electron chi connectivity index (χ2n) is 4.73.